The molecule has 4 bridgehead atoms. The fourth-order valence-electron chi connectivity index (χ4n) is 5.78. The SMILES string of the molecule is COCCN1CCC(C(=O)N2C[C@@H]3NC(=O)CN(C)C(=O)c4ccc(C)c(c4)Oc4cccc(c4)CO[C@H]3C2)CC1. The van der Waals surface area contributed by atoms with Gasteiger partial charge in [-0.15, -0.1) is 0 Å². The standard InChI is InChI=1S/C31H40N4O6/c1-21-7-8-24-16-27(21)41-25-6-4-5-22(15-25)20-40-28-18-35(17-26(28)32-29(36)19-33(2)30(24)37)31(38)23-9-11-34(12-10-23)13-14-39-3/h4-8,15-16,23,26,28H,9-14,17-20H2,1-3H3,(H,32,36)/t26-,28-/m0/s1. The van der Waals surface area contributed by atoms with Crippen molar-refractivity contribution in [2.45, 2.75) is 38.5 Å². The number of rotatable bonds is 4. The first kappa shape index (κ1) is 29.0. The molecule has 41 heavy (non-hydrogen) atoms. The minimum Gasteiger partial charge on any atom is -0.457 e. The summed E-state index contributed by atoms with van der Waals surface area (Å²) in [7, 11) is 3.30. The van der Waals surface area contributed by atoms with Crippen molar-refractivity contribution in [1.82, 2.24) is 20.0 Å². The van der Waals surface area contributed by atoms with Gasteiger partial charge in [0.2, 0.25) is 11.8 Å². The fraction of sp³-hybridized carbons (Fsp3) is 0.516. The highest BCUT2D eigenvalue weighted by atomic mass is 16.5. The molecule has 2 atom stereocenters. The largest absolute Gasteiger partial charge is 0.457 e. The summed E-state index contributed by atoms with van der Waals surface area (Å²) in [6.07, 6.45) is 1.24. The van der Waals surface area contributed by atoms with Crippen molar-refractivity contribution in [2.24, 2.45) is 5.92 Å². The molecule has 0 aromatic heterocycles. The molecule has 3 amide bonds. The molecule has 1 N–H and O–H groups in total. The third kappa shape index (κ3) is 7.06. The molecular formula is C31H40N4O6. The van der Waals surface area contributed by atoms with Crippen molar-refractivity contribution in [1.29, 1.82) is 0 Å². The predicted molar refractivity (Wildman–Crippen MR) is 153 cm³/mol. The highest BCUT2D eigenvalue weighted by Crippen LogP contribution is 2.29. The van der Waals surface area contributed by atoms with Crippen LogP contribution in [-0.4, -0.2) is 105 Å². The Kier molecular flexibility index (Phi) is 9.22. The predicted octanol–water partition coefficient (Wildman–Crippen LogP) is 2.44. The Bertz CT molecular complexity index is 1260. The van der Waals surface area contributed by atoms with E-state index in [0.29, 0.717) is 43.4 Å². The Morgan fingerprint density at radius 3 is 2.68 bits per heavy atom. The highest BCUT2D eigenvalue weighted by Gasteiger charge is 2.40. The number of aryl methyl sites for hydroxylation is 1. The number of benzene rings is 2. The van der Waals surface area contributed by atoms with Crippen LogP contribution in [0.5, 0.6) is 11.5 Å². The van der Waals surface area contributed by atoms with E-state index in [-0.39, 0.29) is 42.3 Å². The van der Waals surface area contributed by atoms with Crippen LogP contribution >= 0.6 is 0 Å². The van der Waals surface area contributed by atoms with Crippen molar-refractivity contribution in [2.75, 3.05) is 60.0 Å². The second kappa shape index (κ2) is 13.0. The zero-order valence-corrected chi connectivity index (χ0v) is 24.1. The highest BCUT2D eigenvalue weighted by molar-refractivity contribution is 5.96. The fourth-order valence-corrected chi connectivity index (χ4v) is 5.78. The van der Waals surface area contributed by atoms with Gasteiger partial charge in [-0.3, -0.25) is 14.4 Å². The van der Waals surface area contributed by atoms with E-state index in [1.807, 2.05) is 42.2 Å². The molecule has 220 valence electrons. The van der Waals surface area contributed by atoms with Crippen LogP contribution in [0.25, 0.3) is 0 Å². The van der Waals surface area contributed by atoms with Gasteiger partial charge in [0.15, 0.2) is 0 Å². The van der Waals surface area contributed by atoms with Gasteiger partial charge >= 0.3 is 0 Å². The van der Waals surface area contributed by atoms with Gasteiger partial charge < -0.3 is 34.2 Å². The van der Waals surface area contributed by atoms with Crippen LogP contribution in [0.1, 0.15) is 34.3 Å². The Morgan fingerprint density at radius 1 is 1.10 bits per heavy atom. The van der Waals surface area contributed by atoms with E-state index in [0.717, 1.165) is 43.6 Å². The van der Waals surface area contributed by atoms with Gasteiger partial charge in [-0.1, -0.05) is 18.2 Å². The smallest absolute Gasteiger partial charge is 0.254 e. The van der Waals surface area contributed by atoms with Gasteiger partial charge in [0, 0.05) is 45.3 Å². The van der Waals surface area contributed by atoms with Crippen molar-refractivity contribution in [3.05, 3.63) is 59.2 Å². The van der Waals surface area contributed by atoms with E-state index >= 15 is 0 Å². The van der Waals surface area contributed by atoms with Crippen molar-refractivity contribution >= 4 is 17.7 Å². The van der Waals surface area contributed by atoms with Gasteiger partial charge in [0.05, 0.1) is 31.9 Å². The van der Waals surface area contributed by atoms with Gasteiger partial charge in [0.25, 0.3) is 5.91 Å². The zero-order chi connectivity index (χ0) is 28.9. The zero-order valence-electron chi connectivity index (χ0n) is 24.1. The van der Waals surface area contributed by atoms with E-state index in [4.69, 9.17) is 14.2 Å². The lowest BCUT2D eigenvalue weighted by molar-refractivity contribution is -0.136. The normalized spacial score (nSPS) is 22.7. The number of ether oxygens (including phenoxy) is 3. The van der Waals surface area contributed by atoms with Crippen LogP contribution in [0.2, 0.25) is 0 Å². The number of hydrogen-bond donors (Lipinski definition) is 1. The van der Waals surface area contributed by atoms with Crippen molar-refractivity contribution in [3.8, 4) is 11.5 Å². The number of carbonyl (C=O) groups is 3. The minimum absolute atomic E-state index is 0.0402. The number of fused-ring (bicyclic) bond motifs is 5. The first-order valence-corrected chi connectivity index (χ1v) is 14.3. The number of nitrogens with zero attached hydrogens (tertiary/aromatic N) is 3. The Labute approximate surface area is 241 Å². The lowest BCUT2D eigenvalue weighted by atomic mass is 9.95. The lowest BCUT2D eigenvalue weighted by Gasteiger charge is -2.33. The van der Waals surface area contributed by atoms with Crippen LogP contribution in [0.3, 0.4) is 0 Å². The van der Waals surface area contributed by atoms with Crippen molar-refractivity contribution < 1.29 is 28.6 Å². The molecule has 10 heteroatoms. The second-order valence-corrected chi connectivity index (χ2v) is 11.3. The Balaban J connectivity index is 1.32. The maximum Gasteiger partial charge on any atom is 0.254 e. The first-order valence-electron chi connectivity index (χ1n) is 14.3. The Morgan fingerprint density at radius 2 is 1.90 bits per heavy atom. The summed E-state index contributed by atoms with van der Waals surface area (Å²) in [5, 5.41) is 3.05. The molecule has 0 saturated carbocycles. The molecule has 2 aromatic rings. The van der Waals surface area contributed by atoms with Gasteiger partial charge in [-0.2, -0.15) is 0 Å². The maximum atomic E-state index is 13.5. The van der Waals surface area contributed by atoms with E-state index in [1.165, 1.54) is 4.90 Å². The van der Waals surface area contributed by atoms with Crippen LogP contribution < -0.4 is 10.1 Å². The summed E-state index contributed by atoms with van der Waals surface area (Å²) in [6.45, 7) is 6.20. The molecule has 5 rings (SSSR count). The number of nitrogens with one attached hydrogen (secondary N) is 1. The summed E-state index contributed by atoms with van der Waals surface area (Å²) in [4.78, 5) is 45.3. The summed E-state index contributed by atoms with van der Waals surface area (Å²) in [5.74, 6) is 0.723. The molecule has 3 heterocycles. The van der Waals surface area contributed by atoms with Gasteiger partial charge in [-0.25, -0.2) is 0 Å². The molecule has 3 aliphatic rings. The average Bonchev–Trinajstić information content (AvgIpc) is 3.37. The van der Waals surface area contributed by atoms with E-state index < -0.39 is 0 Å². The monoisotopic (exact) mass is 564 g/mol. The third-order valence-electron chi connectivity index (χ3n) is 8.23. The lowest BCUT2D eigenvalue weighted by Crippen LogP contribution is -2.48. The topological polar surface area (TPSA) is 101 Å². The molecule has 10 nitrogen and oxygen atoms in total. The number of amides is 3. The summed E-state index contributed by atoms with van der Waals surface area (Å²) in [5.41, 5.74) is 2.25. The molecule has 2 fully saturated rings. The van der Waals surface area contributed by atoms with E-state index in [9.17, 15) is 14.4 Å². The van der Waals surface area contributed by atoms with E-state index in [2.05, 4.69) is 10.2 Å². The quantitative estimate of drug-likeness (QED) is 0.609. The number of piperidine rings is 1. The van der Waals surface area contributed by atoms with Crippen LogP contribution in [0.4, 0.5) is 0 Å². The molecule has 2 aromatic carbocycles. The molecule has 0 unspecified atom stereocenters. The Hall–Kier alpha value is -3.47. The summed E-state index contributed by atoms with van der Waals surface area (Å²) in [6, 6.07) is 12.5. The molecule has 3 aliphatic heterocycles. The first-order chi connectivity index (χ1) is 19.8. The average molecular weight is 565 g/mol. The minimum atomic E-state index is -0.380. The molecule has 0 radical (unpaired) electrons. The van der Waals surface area contributed by atoms with Gasteiger partial charge in [0.1, 0.15) is 11.5 Å². The molecular weight excluding hydrogens is 524 g/mol. The summed E-state index contributed by atoms with van der Waals surface area (Å²) >= 11 is 0. The summed E-state index contributed by atoms with van der Waals surface area (Å²) < 4.78 is 17.7. The van der Waals surface area contributed by atoms with Gasteiger partial charge in [-0.05, 0) is 68.2 Å². The molecule has 2 saturated heterocycles. The molecule has 0 aliphatic carbocycles. The number of methoxy groups -OCH3 is 1. The number of hydrogen-bond acceptors (Lipinski definition) is 7. The molecule has 0 spiro atoms. The van der Waals surface area contributed by atoms with Crippen LogP contribution in [-0.2, 0) is 25.7 Å². The number of carbonyl (C=O) groups excluding carboxylic acids is 3. The van der Waals surface area contributed by atoms with Crippen molar-refractivity contribution in [3.63, 3.8) is 0 Å². The maximum absolute atomic E-state index is 13.5. The number of likely N-dealkylation sites (N-methyl/N-ethyl adjacent to an activating group) is 1. The van der Waals surface area contributed by atoms with Crippen LogP contribution in [0, 0.1) is 12.8 Å². The second-order valence-electron chi connectivity index (χ2n) is 11.3. The number of likely N-dealkylation sites (tertiary alicyclic amines) is 2. The third-order valence-corrected chi connectivity index (χ3v) is 8.23. The van der Waals surface area contributed by atoms with E-state index in [1.54, 1.807) is 26.3 Å². The van der Waals surface area contributed by atoms with Crippen LogP contribution in [0.15, 0.2) is 42.5 Å².